The van der Waals surface area contributed by atoms with E-state index in [1.807, 2.05) is 0 Å². The molecule has 7 heteroatoms. The smallest absolute Gasteiger partial charge is 0.254 e. The van der Waals surface area contributed by atoms with Crippen molar-refractivity contribution < 1.29 is 22.0 Å². The Hall–Kier alpha value is -1.50. The fourth-order valence-corrected chi connectivity index (χ4v) is 5.34. The second-order valence-corrected chi connectivity index (χ2v) is 8.59. The molecule has 0 unspecified atom stereocenters. The minimum atomic E-state index is -3.14. The van der Waals surface area contributed by atoms with Crippen molar-refractivity contribution in [2.75, 3.05) is 11.5 Å². The molecule has 1 saturated carbocycles. The maximum atomic E-state index is 13.4. The number of benzene rings is 1. The summed E-state index contributed by atoms with van der Waals surface area (Å²) in [6.07, 6.45) is 3.96. The molecule has 126 valence electrons. The van der Waals surface area contributed by atoms with Crippen LogP contribution in [0.2, 0.25) is 0 Å². The number of nitrogens with zero attached hydrogens (tertiary/aromatic N) is 1. The third-order valence-electron chi connectivity index (χ3n) is 4.66. The first-order chi connectivity index (χ1) is 10.9. The molecular weight excluding hydrogens is 324 g/mol. The minimum Gasteiger partial charge on any atom is -0.332 e. The highest BCUT2D eigenvalue weighted by atomic mass is 32.2. The highest BCUT2D eigenvalue weighted by molar-refractivity contribution is 7.91. The van der Waals surface area contributed by atoms with E-state index in [-0.39, 0.29) is 23.1 Å². The van der Waals surface area contributed by atoms with E-state index in [9.17, 15) is 22.0 Å². The summed E-state index contributed by atoms with van der Waals surface area (Å²) < 4.78 is 50.4. The first-order valence-corrected chi connectivity index (χ1v) is 9.67. The number of carbonyl (C=O) groups excluding carboxylic acids is 1. The van der Waals surface area contributed by atoms with Gasteiger partial charge in [-0.05, 0) is 31.4 Å². The maximum absolute atomic E-state index is 13.4. The predicted octanol–water partition coefficient (Wildman–Crippen LogP) is 2.54. The molecule has 0 N–H and O–H groups in total. The minimum absolute atomic E-state index is 0.0490. The zero-order chi connectivity index (χ0) is 16.6. The monoisotopic (exact) mass is 343 g/mol. The van der Waals surface area contributed by atoms with Crippen molar-refractivity contribution in [1.29, 1.82) is 0 Å². The molecule has 4 nitrogen and oxygen atoms in total. The number of rotatable bonds is 3. The predicted molar refractivity (Wildman–Crippen MR) is 81.8 cm³/mol. The molecule has 1 heterocycles. The second-order valence-electron chi connectivity index (χ2n) is 6.37. The van der Waals surface area contributed by atoms with Crippen molar-refractivity contribution in [1.82, 2.24) is 4.90 Å². The first kappa shape index (κ1) is 16.4. The normalized spacial score (nSPS) is 24.0. The topological polar surface area (TPSA) is 54.5 Å². The van der Waals surface area contributed by atoms with Crippen LogP contribution in [0.25, 0.3) is 0 Å². The number of halogens is 2. The summed E-state index contributed by atoms with van der Waals surface area (Å²) in [5, 5.41) is 0. The molecule has 1 aromatic rings. The van der Waals surface area contributed by atoms with Gasteiger partial charge in [0.1, 0.15) is 11.6 Å². The Bertz CT molecular complexity index is 694. The summed E-state index contributed by atoms with van der Waals surface area (Å²) in [6.45, 7) is 0. The van der Waals surface area contributed by atoms with Gasteiger partial charge in [-0.15, -0.1) is 0 Å². The molecule has 0 radical (unpaired) electrons. The molecule has 1 amide bonds. The van der Waals surface area contributed by atoms with Crippen LogP contribution in [0.15, 0.2) is 18.2 Å². The summed E-state index contributed by atoms with van der Waals surface area (Å²) in [6, 6.07) is 2.29. The molecule has 2 fully saturated rings. The van der Waals surface area contributed by atoms with Gasteiger partial charge in [0.2, 0.25) is 0 Å². The Morgan fingerprint density at radius 1 is 1.00 bits per heavy atom. The standard InChI is InChI=1S/C16H19F2NO3S/c17-12-7-11(8-13(18)9-12)16(20)19(14-3-1-2-4-14)15-5-6-23(21,22)10-15/h7-9,14-15H,1-6,10H2/t15-/m1/s1. The van der Waals surface area contributed by atoms with Crippen LogP contribution < -0.4 is 0 Å². The average Bonchev–Trinajstić information content (AvgIpc) is 3.08. The van der Waals surface area contributed by atoms with E-state index in [2.05, 4.69) is 0 Å². The first-order valence-electron chi connectivity index (χ1n) is 7.85. The number of hydrogen-bond donors (Lipinski definition) is 0. The number of amides is 1. The van der Waals surface area contributed by atoms with Gasteiger partial charge >= 0.3 is 0 Å². The number of sulfone groups is 1. The Labute approximate surface area is 134 Å². The SMILES string of the molecule is O=C(c1cc(F)cc(F)c1)N(C1CCCC1)[C@@H]1CCS(=O)(=O)C1. The Balaban J connectivity index is 1.92. The molecule has 3 rings (SSSR count). The van der Waals surface area contributed by atoms with Crippen LogP contribution in [0.4, 0.5) is 8.78 Å². The average molecular weight is 343 g/mol. The van der Waals surface area contributed by atoms with Gasteiger partial charge in [-0.2, -0.15) is 0 Å². The van der Waals surface area contributed by atoms with Crippen LogP contribution in [0, 0.1) is 11.6 Å². The summed E-state index contributed by atoms with van der Waals surface area (Å²) >= 11 is 0. The van der Waals surface area contributed by atoms with Crippen LogP contribution in [0.3, 0.4) is 0 Å². The van der Waals surface area contributed by atoms with Crippen molar-refractivity contribution in [3.8, 4) is 0 Å². The van der Waals surface area contributed by atoms with Gasteiger partial charge in [-0.25, -0.2) is 17.2 Å². The molecule has 1 aliphatic heterocycles. The van der Waals surface area contributed by atoms with Gasteiger partial charge in [-0.3, -0.25) is 4.79 Å². The maximum Gasteiger partial charge on any atom is 0.254 e. The lowest BCUT2D eigenvalue weighted by Crippen LogP contribution is -2.47. The Kier molecular flexibility index (Phi) is 4.40. The summed E-state index contributed by atoms with van der Waals surface area (Å²) in [5.41, 5.74) is -0.0568. The van der Waals surface area contributed by atoms with E-state index in [1.54, 1.807) is 4.90 Å². The summed E-state index contributed by atoms with van der Waals surface area (Å²) in [4.78, 5) is 14.4. The number of hydrogen-bond acceptors (Lipinski definition) is 3. The van der Waals surface area contributed by atoms with Crippen molar-refractivity contribution in [3.63, 3.8) is 0 Å². The summed E-state index contributed by atoms with van der Waals surface area (Å²) in [5.74, 6) is -2.09. The molecule has 1 aromatic carbocycles. The Morgan fingerprint density at radius 2 is 1.61 bits per heavy atom. The van der Waals surface area contributed by atoms with Crippen molar-refractivity contribution in [2.45, 2.75) is 44.2 Å². The molecule has 1 saturated heterocycles. The van der Waals surface area contributed by atoms with E-state index in [0.29, 0.717) is 6.42 Å². The largest absolute Gasteiger partial charge is 0.332 e. The molecular formula is C16H19F2NO3S. The second kappa shape index (κ2) is 6.19. The lowest BCUT2D eigenvalue weighted by molar-refractivity contribution is 0.0600. The molecule has 0 spiro atoms. The molecule has 23 heavy (non-hydrogen) atoms. The van der Waals surface area contributed by atoms with Gasteiger partial charge in [0.05, 0.1) is 11.5 Å². The summed E-state index contributed by atoms with van der Waals surface area (Å²) in [7, 11) is -3.14. The fourth-order valence-electron chi connectivity index (χ4n) is 3.63. The van der Waals surface area contributed by atoms with E-state index >= 15 is 0 Å². The van der Waals surface area contributed by atoms with Crippen molar-refractivity contribution in [3.05, 3.63) is 35.4 Å². The third kappa shape index (κ3) is 3.54. The van der Waals surface area contributed by atoms with Crippen LogP contribution in [-0.2, 0) is 9.84 Å². The quantitative estimate of drug-likeness (QED) is 0.847. The lowest BCUT2D eigenvalue weighted by atomic mass is 10.1. The lowest BCUT2D eigenvalue weighted by Gasteiger charge is -2.34. The highest BCUT2D eigenvalue weighted by Crippen LogP contribution is 2.30. The zero-order valence-electron chi connectivity index (χ0n) is 12.7. The van der Waals surface area contributed by atoms with Crippen LogP contribution in [-0.4, -0.2) is 42.8 Å². The zero-order valence-corrected chi connectivity index (χ0v) is 13.5. The van der Waals surface area contributed by atoms with Crippen molar-refractivity contribution in [2.24, 2.45) is 0 Å². The fraction of sp³-hybridized carbons (Fsp3) is 0.562. The van der Waals surface area contributed by atoms with Gasteiger partial charge in [0.25, 0.3) is 5.91 Å². The van der Waals surface area contributed by atoms with E-state index in [0.717, 1.165) is 43.9 Å². The molecule has 0 bridgehead atoms. The van der Waals surface area contributed by atoms with Crippen molar-refractivity contribution >= 4 is 15.7 Å². The van der Waals surface area contributed by atoms with E-state index < -0.39 is 33.4 Å². The van der Waals surface area contributed by atoms with Gasteiger partial charge in [0, 0.05) is 23.7 Å². The Morgan fingerprint density at radius 3 is 2.13 bits per heavy atom. The van der Waals surface area contributed by atoms with Crippen LogP contribution in [0.5, 0.6) is 0 Å². The molecule has 0 aromatic heterocycles. The van der Waals surface area contributed by atoms with Gasteiger partial charge in [0.15, 0.2) is 9.84 Å². The van der Waals surface area contributed by atoms with E-state index in [1.165, 1.54) is 0 Å². The van der Waals surface area contributed by atoms with Crippen LogP contribution >= 0.6 is 0 Å². The van der Waals surface area contributed by atoms with E-state index in [4.69, 9.17) is 0 Å². The number of carbonyl (C=O) groups is 1. The third-order valence-corrected chi connectivity index (χ3v) is 6.41. The van der Waals surface area contributed by atoms with Gasteiger partial charge < -0.3 is 4.90 Å². The molecule has 1 aliphatic carbocycles. The van der Waals surface area contributed by atoms with Crippen LogP contribution in [0.1, 0.15) is 42.5 Å². The molecule has 2 aliphatic rings. The van der Waals surface area contributed by atoms with Gasteiger partial charge in [-0.1, -0.05) is 12.8 Å². The molecule has 1 atom stereocenters. The highest BCUT2D eigenvalue weighted by Gasteiger charge is 2.39.